The molecule has 9 heteroatoms. The molecule has 4 aromatic carbocycles. The number of nitrogens with one attached hydrogen (secondary N) is 1. The van der Waals surface area contributed by atoms with Gasteiger partial charge in [-0.2, -0.15) is 8.42 Å². The Morgan fingerprint density at radius 2 is 1.33 bits per heavy atom. The maximum absolute atomic E-state index is 13.4. The van der Waals surface area contributed by atoms with Crippen LogP contribution in [0, 0.1) is 0 Å². The van der Waals surface area contributed by atoms with Crippen LogP contribution in [0.25, 0.3) is 10.8 Å². The van der Waals surface area contributed by atoms with Gasteiger partial charge in [0.2, 0.25) is 0 Å². The first-order valence-corrected chi connectivity index (χ1v) is 11.1. The van der Waals surface area contributed by atoms with Crippen molar-refractivity contribution < 1.29 is 22.6 Å². The standard InChI is InChI=1S/C24H16N2O5S.Na.H/c25-22-19(32(29,30)31)12-18(26-17-11-5-7-13-6-1-2-8-14(13)17)20-21(22)24(28)16-10-4-3-9-15(16)23(20)27;;/h1-12,26H,25H2,(H,29,30,31);;. The summed E-state index contributed by atoms with van der Waals surface area (Å²) in [6, 6.07) is 20.3. The van der Waals surface area contributed by atoms with Crippen molar-refractivity contribution in [3.8, 4) is 0 Å². The molecule has 0 fully saturated rings. The molecule has 0 atom stereocenters. The molecular weight excluding hydrogens is 451 g/mol. The van der Waals surface area contributed by atoms with Gasteiger partial charge in [0.25, 0.3) is 10.1 Å². The first kappa shape index (κ1) is 23.2. The van der Waals surface area contributed by atoms with Gasteiger partial charge in [-0.3, -0.25) is 14.1 Å². The Balaban J connectivity index is 0.00000259. The molecule has 4 N–H and O–H groups in total. The number of ketones is 2. The molecule has 0 saturated carbocycles. The molecule has 0 aliphatic heterocycles. The fraction of sp³-hybridized carbons (Fsp3) is 0. The summed E-state index contributed by atoms with van der Waals surface area (Å²) in [4.78, 5) is 26.0. The van der Waals surface area contributed by atoms with Gasteiger partial charge in [0.05, 0.1) is 22.5 Å². The van der Waals surface area contributed by atoms with Gasteiger partial charge in [-0.25, -0.2) is 0 Å². The minimum absolute atomic E-state index is 0. The average Bonchev–Trinajstić information content (AvgIpc) is 2.78. The van der Waals surface area contributed by atoms with E-state index in [0.717, 1.165) is 16.8 Å². The van der Waals surface area contributed by atoms with Crippen molar-refractivity contribution in [2.24, 2.45) is 0 Å². The average molecular weight is 468 g/mol. The van der Waals surface area contributed by atoms with Crippen LogP contribution in [0.15, 0.2) is 77.7 Å². The van der Waals surface area contributed by atoms with Crippen molar-refractivity contribution in [2.75, 3.05) is 11.1 Å². The number of hydrogen-bond acceptors (Lipinski definition) is 6. The third-order valence-electron chi connectivity index (χ3n) is 5.54. The van der Waals surface area contributed by atoms with E-state index in [9.17, 15) is 22.6 Å². The summed E-state index contributed by atoms with van der Waals surface area (Å²) in [5, 5.41) is 4.84. The molecule has 0 amide bonds. The molecule has 0 heterocycles. The second-order valence-electron chi connectivity index (χ2n) is 7.42. The molecule has 0 spiro atoms. The number of nitrogen functional groups attached to an aromatic ring is 1. The molecule has 1 aliphatic carbocycles. The van der Waals surface area contributed by atoms with Crippen LogP contribution in [0.4, 0.5) is 17.1 Å². The maximum atomic E-state index is 13.4. The van der Waals surface area contributed by atoms with Gasteiger partial charge >= 0.3 is 29.6 Å². The zero-order valence-corrected chi connectivity index (χ0v) is 17.3. The van der Waals surface area contributed by atoms with Gasteiger partial charge in [-0.05, 0) is 17.5 Å². The Kier molecular flexibility index (Phi) is 5.90. The van der Waals surface area contributed by atoms with Crippen LogP contribution in [-0.4, -0.2) is 54.1 Å². The summed E-state index contributed by atoms with van der Waals surface area (Å²) in [5.41, 5.74) is 6.25. The Hall–Kier alpha value is -3.01. The monoisotopic (exact) mass is 468 g/mol. The van der Waals surface area contributed by atoms with Crippen molar-refractivity contribution in [2.45, 2.75) is 4.90 Å². The van der Waals surface area contributed by atoms with Gasteiger partial charge in [0.15, 0.2) is 11.6 Å². The number of fused-ring (bicyclic) bond motifs is 3. The molecule has 1 aliphatic rings. The number of hydrogen-bond donors (Lipinski definition) is 3. The van der Waals surface area contributed by atoms with Crippen molar-refractivity contribution in [3.63, 3.8) is 0 Å². The van der Waals surface area contributed by atoms with E-state index in [4.69, 9.17) is 5.73 Å². The zero-order valence-electron chi connectivity index (χ0n) is 16.5. The van der Waals surface area contributed by atoms with Gasteiger partial charge in [0.1, 0.15) is 4.90 Å². The number of carbonyl (C=O) groups is 2. The fourth-order valence-electron chi connectivity index (χ4n) is 4.09. The van der Waals surface area contributed by atoms with Gasteiger partial charge in [0, 0.05) is 22.2 Å². The van der Waals surface area contributed by atoms with Crippen LogP contribution in [0.2, 0.25) is 0 Å². The molecule has 5 rings (SSSR count). The molecule has 33 heavy (non-hydrogen) atoms. The zero-order chi connectivity index (χ0) is 22.6. The van der Waals surface area contributed by atoms with Crippen molar-refractivity contribution in [1.29, 1.82) is 0 Å². The van der Waals surface area contributed by atoms with Crippen LogP contribution < -0.4 is 11.1 Å². The van der Waals surface area contributed by atoms with E-state index in [1.165, 1.54) is 12.1 Å². The van der Waals surface area contributed by atoms with Gasteiger partial charge in [-0.15, -0.1) is 0 Å². The van der Waals surface area contributed by atoms with Crippen LogP contribution in [0.5, 0.6) is 0 Å². The predicted octanol–water partition coefficient (Wildman–Crippen LogP) is 3.54. The van der Waals surface area contributed by atoms with E-state index >= 15 is 0 Å². The van der Waals surface area contributed by atoms with E-state index < -0.39 is 32.3 Å². The molecule has 7 nitrogen and oxygen atoms in total. The van der Waals surface area contributed by atoms with Crippen LogP contribution in [-0.2, 0) is 10.1 Å². The normalized spacial score (nSPS) is 12.6. The second-order valence-corrected chi connectivity index (χ2v) is 8.81. The van der Waals surface area contributed by atoms with Crippen LogP contribution in [0.3, 0.4) is 0 Å². The minimum atomic E-state index is -4.77. The number of benzene rings is 4. The summed E-state index contributed by atoms with van der Waals surface area (Å²) >= 11 is 0. The van der Waals surface area contributed by atoms with E-state index in [0.29, 0.717) is 5.69 Å². The quantitative estimate of drug-likeness (QED) is 0.210. The third kappa shape index (κ3) is 3.76. The van der Waals surface area contributed by atoms with Gasteiger partial charge < -0.3 is 11.1 Å². The summed E-state index contributed by atoms with van der Waals surface area (Å²) < 4.78 is 33.8. The molecule has 160 valence electrons. The summed E-state index contributed by atoms with van der Waals surface area (Å²) in [7, 11) is -4.77. The van der Waals surface area contributed by atoms with E-state index in [1.807, 2.05) is 30.3 Å². The Morgan fingerprint density at radius 3 is 2.00 bits per heavy atom. The molecule has 4 aromatic rings. The van der Waals surface area contributed by atoms with Crippen molar-refractivity contribution >= 4 is 79.1 Å². The number of rotatable bonds is 3. The number of nitrogens with two attached hydrogens (primary N) is 1. The van der Waals surface area contributed by atoms with E-state index in [2.05, 4.69) is 5.32 Å². The van der Waals surface area contributed by atoms with E-state index in [-0.39, 0.29) is 57.5 Å². The summed E-state index contributed by atoms with van der Waals surface area (Å²) in [6.07, 6.45) is 0. The number of anilines is 3. The van der Waals surface area contributed by atoms with Crippen LogP contribution in [0.1, 0.15) is 31.8 Å². The SMILES string of the molecule is Nc1c(S(=O)(=O)O)cc(Nc2cccc3ccccc23)c2c1C(=O)c1ccccc1C2=O.[NaH]. The predicted molar refractivity (Wildman–Crippen MR) is 128 cm³/mol. The summed E-state index contributed by atoms with van der Waals surface area (Å²) in [5.74, 6) is -1.05. The van der Waals surface area contributed by atoms with Crippen molar-refractivity contribution in [1.82, 2.24) is 0 Å². The summed E-state index contributed by atoms with van der Waals surface area (Å²) in [6.45, 7) is 0. The Labute approximate surface area is 211 Å². The molecule has 0 unspecified atom stereocenters. The van der Waals surface area contributed by atoms with Crippen molar-refractivity contribution in [3.05, 3.63) is 95.1 Å². The third-order valence-corrected chi connectivity index (χ3v) is 6.43. The van der Waals surface area contributed by atoms with E-state index in [1.54, 1.807) is 24.3 Å². The molecule has 0 aromatic heterocycles. The van der Waals surface area contributed by atoms with Gasteiger partial charge in [-0.1, -0.05) is 60.7 Å². The molecular formula is C24H17N2NaO5S. The second kappa shape index (κ2) is 8.40. The first-order valence-electron chi connectivity index (χ1n) is 9.64. The first-order chi connectivity index (χ1) is 15.3. The Bertz CT molecular complexity index is 1580. The molecule has 0 radical (unpaired) electrons. The van der Waals surface area contributed by atoms with Crippen LogP contribution >= 0.6 is 0 Å². The topological polar surface area (TPSA) is 127 Å². The molecule has 0 saturated heterocycles. The molecule has 0 bridgehead atoms. The fourth-order valence-corrected chi connectivity index (χ4v) is 4.73. The number of carbonyl (C=O) groups excluding carboxylic acids is 2. The Morgan fingerprint density at radius 1 is 0.758 bits per heavy atom.